The first-order valence-electron chi connectivity index (χ1n) is 10.5. The summed E-state index contributed by atoms with van der Waals surface area (Å²) in [6.07, 6.45) is 1.13. The van der Waals surface area contributed by atoms with Crippen molar-refractivity contribution < 1.29 is 14.3 Å². The molecule has 3 aromatic carbocycles. The first-order valence-corrected chi connectivity index (χ1v) is 11.3. The summed E-state index contributed by atoms with van der Waals surface area (Å²) in [5.74, 6) is 0.135. The third-order valence-corrected chi connectivity index (χ3v) is 6.55. The minimum atomic E-state index is -0.213. The fourth-order valence-corrected chi connectivity index (χ4v) is 4.54. The summed E-state index contributed by atoms with van der Waals surface area (Å²) in [7, 11) is 0. The van der Waals surface area contributed by atoms with Gasteiger partial charge in [-0.3, -0.25) is 4.79 Å². The van der Waals surface area contributed by atoms with E-state index in [2.05, 4.69) is 0 Å². The van der Waals surface area contributed by atoms with Crippen LogP contribution in [0.25, 0.3) is 10.8 Å². The molecule has 0 bridgehead atoms. The van der Waals surface area contributed by atoms with Crippen LogP contribution in [0.4, 0.5) is 5.69 Å². The van der Waals surface area contributed by atoms with Crippen molar-refractivity contribution in [3.05, 3.63) is 69.7 Å². The molecule has 1 aliphatic rings. The van der Waals surface area contributed by atoms with Crippen LogP contribution < -0.4 is 10.5 Å². The summed E-state index contributed by atoms with van der Waals surface area (Å²) in [5, 5.41) is 2.54. The van der Waals surface area contributed by atoms with Gasteiger partial charge in [0.25, 0.3) is 5.91 Å². The zero-order chi connectivity index (χ0) is 22.8. The van der Waals surface area contributed by atoms with Crippen molar-refractivity contribution in [1.29, 1.82) is 0 Å². The number of hydrogen-bond acceptors (Lipinski definition) is 4. The second kappa shape index (κ2) is 9.39. The molecule has 0 aromatic heterocycles. The molecule has 0 fully saturated rings. The Bertz CT molecular complexity index is 1180. The second-order valence-electron chi connectivity index (χ2n) is 8.29. The first-order chi connectivity index (χ1) is 15.4. The Morgan fingerprint density at radius 1 is 1.19 bits per heavy atom. The molecule has 5 nitrogen and oxygen atoms in total. The molecule has 0 radical (unpaired) electrons. The number of ether oxygens (including phenoxy) is 1. The summed E-state index contributed by atoms with van der Waals surface area (Å²) in [6.45, 7) is 3.32. The Morgan fingerprint density at radius 2 is 1.97 bits per heavy atom. The molecule has 3 aromatic rings. The molecule has 2 atom stereocenters. The molecule has 1 amide bonds. The lowest BCUT2D eigenvalue weighted by Gasteiger charge is -2.33. The molecule has 0 aliphatic carbocycles. The highest BCUT2D eigenvalue weighted by Gasteiger charge is 2.30. The maximum absolute atomic E-state index is 13.8. The Kier molecular flexibility index (Phi) is 6.58. The Morgan fingerprint density at radius 3 is 2.72 bits per heavy atom. The van der Waals surface area contributed by atoms with Crippen molar-refractivity contribution in [2.24, 2.45) is 5.92 Å². The molecule has 0 spiro atoms. The van der Waals surface area contributed by atoms with Crippen molar-refractivity contribution in [2.75, 3.05) is 25.4 Å². The molecule has 166 valence electrons. The lowest BCUT2D eigenvalue weighted by Crippen LogP contribution is -2.41. The van der Waals surface area contributed by atoms with Crippen LogP contribution in [-0.4, -0.2) is 36.8 Å². The normalized spacial score (nSPS) is 17.3. The number of rotatable bonds is 5. The fourth-order valence-electron chi connectivity index (χ4n) is 4.24. The predicted octanol–water partition coefficient (Wildman–Crippen LogP) is 5.57. The Labute approximate surface area is 197 Å². The van der Waals surface area contributed by atoms with E-state index in [1.165, 1.54) is 0 Å². The van der Waals surface area contributed by atoms with Crippen LogP contribution >= 0.6 is 23.2 Å². The quantitative estimate of drug-likeness (QED) is 0.390. The van der Waals surface area contributed by atoms with Crippen molar-refractivity contribution in [2.45, 2.75) is 19.3 Å². The van der Waals surface area contributed by atoms with E-state index < -0.39 is 0 Å². The number of nitrogens with zero attached hydrogens (tertiary/aromatic N) is 1. The van der Waals surface area contributed by atoms with E-state index in [0.717, 1.165) is 22.6 Å². The summed E-state index contributed by atoms with van der Waals surface area (Å²) in [4.78, 5) is 27.1. The van der Waals surface area contributed by atoms with Crippen LogP contribution in [0.5, 0.6) is 5.75 Å². The monoisotopic (exact) mass is 470 g/mol. The van der Waals surface area contributed by atoms with Gasteiger partial charge < -0.3 is 20.2 Å². The number of hydrogen-bond donors (Lipinski definition) is 1. The number of halogens is 2. The molecule has 7 heteroatoms. The van der Waals surface area contributed by atoms with Gasteiger partial charge in [0.05, 0.1) is 27.9 Å². The summed E-state index contributed by atoms with van der Waals surface area (Å²) < 4.78 is 6.00. The SMILES string of the molecule is C[C@H]1COc2c(N)cc3ccccc3c2C(=O)N(C[C@@H](CC=O)c2ccc(Cl)c(Cl)c2)C1. The van der Waals surface area contributed by atoms with Crippen LogP contribution in [0.3, 0.4) is 0 Å². The topological polar surface area (TPSA) is 72.6 Å². The van der Waals surface area contributed by atoms with Gasteiger partial charge in [-0.15, -0.1) is 0 Å². The van der Waals surface area contributed by atoms with Gasteiger partial charge in [-0.05, 0) is 34.5 Å². The number of fused-ring (bicyclic) bond motifs is 3. The van der Waals surface area contributed by atoms with Crippen molar-refractivity contribution in [3.8, 4) is 5.75 Å². The van der Waals surface area contributed by atoms with Crippen molar-refractivity contribution in [3.63, 3.8) is 0 Å². The minimum absolute atomic E-state index is 0.0867. The Hall–Kier alpha value is -2.76. The number of amides is 1. The highest BCUT2D eigenvalue weighted by atomic mass is 35.5. The lowest BCUT2D eigenvalue weighted by atomic mass is 9.94. The fraction of sp³-hybridized carbons (Fsp3) is 0.280. The van der Waals surface area contributed by atoms with Crippen molar-refractivity contribution >= 4 is 51.9 Å². The van der Waals surface area contributed by atoms with Crippen LogP contribution in [-0.2, 0) is 4.79 Å². The number of nitrogens with two attached hydrogens (primary N) is 1. The highest BCUT2D eigenvalue weighted by molar-refractivity contribution is 6.42. The van der Waals surface area contributed by atoms with Gasteiger partial charge in [-0.2, -0.15) is 0 Å². The number of aldehydes is 1. The van der Waals surface area contributed by atoms with E-state index >= 15 is 0 Å². The largest absolute Gasteiger partial charge is 0.490 e. The molecule has 0 saturated heterocycles. The standard InChI is InChI=1S/C25H24Cl2N2O3/c1-15-12-29(13-18(8-9-30)16-6-7-20(26)21(27)10-16)25(31)23-19-5-3-2-4-17(19)11-22(28)24(23)32-14-15/h2-7,9-11,15,18H,8,12-14,28H2,1H3/t15-,18-/m1/s1. The molecular weight excluding hydrogens is 447 g/mol. The van der Waals surface area contributed by atoms with Gasteiger partial charge in [0.15, 0.2) is 5.75 Å². The predicted molar refractivity (Wildman–Crippen MR) is 129 cm³/mol. The zero-order valence-corrected chi connectivity index (χ0v) is 19.2. The Balaban J connectivity index is 1.77. The maximum atomic E-state index is 13.8. The van der Waals surface area contributed by atoms with Gasteiger partial charge >= 0.3 is 0 Å². The lowest BCUT2D eigenvalue weighted by molar-refractivity contribution is -0.108. The van der Waals surface area contributed by atoms with Gasteiger partial charge in [-0.1, -0.05) is 60.5 Å². The average molecular weight is 471 g/mol. The number of anilines is 1. The van der Waals surface area contributed by atoms with Crippen LogP contribution in [0.1, 0.15) is 35.2 Å². The molecule has 4 rings (SSSR count). The molecule has 1 heterocycles. The molecule has 2 N–H and O–H groups in total. The third-order valence-electron chi connectivity index (χ3n) is 5.81. The molecule has 0 unspecified atom stereocenters. The summed E-state index contributed by atoms with van der Waals surface area (Å²) >= 11 is 12.3. The molecule has 1 aliphatic heterocycles. The van der Waals surface area contributed by atoms with Crippen molar-refractivity contribution in [1.82, 2.24) is 4.90 Å². The van der Waals surface area contributed by atoms with E-state index in [1.54, 1.807) is 17.0 Å². The summed E-state index contributed by atoms with van der Waals surface area (Å²) in [6, 6.07) is 14.8. The highest BCUT2D eigenvalue weighted by Crippen LogP contribution is 2.37. The van der Waals surface area contributed by atoms with Gasteiger partial charge in [0.1, 0.15) is 6.29 Å². The van der Waals surface area contributed by atoms with E-state index in [-0.39, 0.29) is 24.2 Å². The van der Waals surface area contributed by atoms with E-state index in [0.29, 0.717) is 46.7 Å². The number of benzene rings is 3. The van der Waals surface area contributed by atoms with Gasteiger partial charge in [0.2, 0.25) is 0 Å². The van der Waals surface area contributed by atoms with Crippen LogP contribution in [0, 0.1) is 5.92 Å². The van der Waals surface area contributed by atoms with E-state index in [9.17, 15) is 9.59 Å². The third kappa shape index (κ3) is 4.41. The van der Waals surface area contributed by atoms with Crippen LogP contribution in [0.15, 0.2) is 48.5 Å². The minimum Gasteiger partial charge on any atom is -0.490 e. The van der Waals surface area contributed by atoms with E-state index in [4.69, 9.17) is 33.7 Å². The molecule has 32 heavy (non-hydrogen) atoms. The number of nitrogen functional groups attached to an aromatic ring is 1. The molecule has 0 saturated carbocycles. The smallest absolute Gasteiger partial charge is 0.258 e. The second-order valence-corrected chi connectivity index (χ2v) is 9.10. The zero-order valence-electron chi connectivity index (χ0n) is 17.7. The van der Waals surface area contributed by atoms with Crippen LogP contribution in [0.2, 0.25) is 10.0 Å². The van der Waals surface area contributed by atoms with E-state index in [1.807, 2.05) is 43.3 Å². The van der Waals surface area contributed by atoms with Gasteiger partial charge in [0, 0.05) is 31.3 Å². The summed E-state index contributed by atoms with van der Waals surface area (Å²) in [5.41, 5.74) is 8.05. The maximum Gasteiger partial charge on any atom is 0.258 e. The first kappa shape index (κ1) is 22.4. The average Bonchev–Trinajstić information content (AvgIpc) is 2.77. The number of carbonyl (C=O) groups is 2. The molecular formula is C25H24Cl2N2O3. The van der Waals surface area contributed by atoms with Gasteiger partial charge in [-0.25, -0.2) is 0 Å². The number of carbonyl (C=O) groups excluding carboxylic acids is 2.